The average molecular weight is 481 g/mol. The van der Waals surface area contributed by atoms with Gasteiger partial charge in [-0.05, 0) is 0 Å². The molecule has 0 aromatic heterocycles. The molecule has 2 atom stereocenters. The van der Waals surface area contributed by atoms with Gasteiger partial charge < -0.3 is 0 Å². The van der Waals surface area contributed by atoms with Crippen LogP contribution in [0.15, 0.2) is 45.8 Å². The number of halogens is 2. The normalized spacial score (nSPS) is 26.3. The van der Waals surface area contributed by atoms with E-state index in [-0.39, 0.29) is 0 Å². The van der Waals surface area contributed by atoms with Gasteiger partial charge in [0.05, 0.1) is 0 Å². The summed E-state index contributed by atoms with van der Waals surface area (Å²) in [5.41, 5.74) is 2.85. The van der Waals surface area contributed by atoms with E-state index in [2.05, 4.69) is 90.5 Å². The topological polar surface area (TPSA) is 0 Å². The molecule has 0 bridgehead atoms. The second kappa shape index (κ2) is 7.00. The molecule has 0 amide bonds. The zero-order valence-electron chi connectivity index (χ0n) is 18.3. The van der Waals surface area contributed by atoms with Crippen molar-refractivity contribution in [2.45, 2.75) is 74.7 Å². The van der Waals surface area contributed by atoms with Crippen LogP contribution in [-0.2, 0) is 12.4 Å². The molecule has 26 heavy (non-hydrogen) atoms. The van der Waals surface area contributed by atoms with E-state index in [1.807, 2.05) is 0 Å². The Morgan fingerprint density at radius 1 is 0.769 bits per heavy atom. The van der Waals surface area contributed by atoms with Gasteiger partial charge in [-0.3, -0.25) is 0 Å². The van der Waals surface area contributed by atoms with Crippen LogP contribution in [0.5, 0.6) is 0 Å². The van der Waals surface area contributed by atoms with Crippen LogP contribution in [0.4, 0.5) is 0 Å². The monoisotopic (exact) mass is 479 g/mol. The quantitative estimate of drug-likeness (QED) is 0.349. The zero-order valence-corrected chi connectivity index (χ0v) is 24.5. The number of allylic oxidation sites excluding steroid dienone is 8. The molecule has 2 aliphatic rings. The summed E-state index contributed by atoms with van der Waals surface area (Å²) in [7, 11) is 13.0. The van der Waals surface area contributed by atoms with Crippen molar-refractivity contribution in [2.75, 3.05) is 0 Å². The fraction of sp³-hybridized carbons (Fsp3) is 0.600. The van der Waals surface area contributed by atoms with Crippen molar-refractivity contribution >= 4 is 41.4 Å². The Balaban J connectivity index is 2.65. The minimum atomic E-state index is -3.86. The van der Waals surface area contributed by atoms with Crippen LogP contribution in [0.25, 0.3) is 0 Å². The summed E-state index contributed by atoms with van der Waals surface area (Å²) in [5.74, 6) is 0. The van der Waals surface area contributed by atoms with Gasteiger partial charge in [0.15, 0.2) is 0 Å². The first-order chi connectivity index (χ1) is 11.5. The van der Waals surface area contributed by atoms with Crippen molar-refractivity contribution < 1.29 is 12.4 Å². The van der Waals surface area contributed by atoms with Gasteiger partial charge in [-0.2, -0.15) is 0 Å². The summed E-state index contributed by atoms with van der Waals surface area (Å²) in [5, 5.41) is 3.08. The van der Waals surface area contributed by atoms with E-state index in [0.29, 0.717) is 8.45 Å². The van der Waals surface area contributed by atoms with Crippen molar-refractivity contribution in [3.05, 3.63) is 45.8 Å². The summed E-state index contributed by atoms with van der Waals surface area (Å²) < 4.78 is 0.601. The molecule has 0 aromatic rings. The molecule has 0 fully saturated rings. The van der Waals surface area contributed by atoms with Gasteiger partial charge in [0.25, 0.3) is 0 Å². The summed E-state index contributed by atoms with van der Waals surface area (Å²) >= 11 is -3.86. The molecule has 0 saturated carbocycles. The fourth-order valence-electron chi connectivity index (χ4n) is 4.42. The molecule has 2 rings (SSSR count). The van der Waals surface area contributed by atoms with Crippen molar-refractivity contribution in [1.29, 1.82) is 0 Å². The fourth-order valence-corrected chi connectivity index (χ4v) is 27.7. The minimum absolute atomic E-state index is 0.300. The van der Waals surface area contributed by atoms with Crippen molar-refractivity contribution in [2.24, 2.45) is 0 Å². The Kier molecular flexibility index (Phi) is 6.24. The third-order valence-corrected chi connectivity index (χ3v) is 46.4. The Morgan fingerprint density at radius 2 is 1.08 bits per heavy atom. The molecule has 0 saturated heterocycles. The van der Waals surface area contributed by atoms with Crippen LogP contribution >= 0.6 is 18.6 Å². The zero-order chi connectivity index (χ0) is 20.3. The number of hydrogen-bond acceptors (Lipinski definition) is 0. The Bertz CT molecular complexity index is 675. The summed E-state index contributed by atoms with van der Waals surface area (Å²) in [6.45, 7) is 22.6. The molecule has 147 valence electrons. The summed E-state index contributed by atoms with van der Waals surface area (Å²) in [4.78, 5) is 0. The summed E-state index contributed by atoms with van der Waals surface area (Å²) in [6.07, 6.45) is 9.88. The average Bonchev–Trinajstić information content (AvgIpc) is 3.02. The predicted octanol–water partition coefficient (Wildman–Crippen LogP) is 8.07. The van der Waals surface area contributed by atoms with Crippen molar-refractivity contribution in [3.8, 4) is 0 Å². The first kappa shape index (κ1) is 23.2. The summed E-state index contributed by atoms with van der Waals surface area (Å²) in [6, 6.07) is 0. The van der Waals surface area contributed by atoms with Gasteiger partial charge in [0, 0.05) is 0 Å². The molecule has 0 spiro atoms. The van der Waals surface area contributed by atoms with E-state index in [9.17, 15) is 0 Å². The molecule has 6 heteroatoms. The Hall–Kier alpha value is 0.905. The SMILES string of the molecule is CC1=CC([Si](C)(C)C)=C[CH]1[Ti]([Cl])([Cl])([CH]1C=C([Si](C)(C)C)C=C1C)[SiH](C)C. The first-order valence-corrected chi connectivity index (χ1v) is 28.6. The molecule has 2 unspecified atom stereocenters. The number of hydrogen-bond donors (Lipinski definition) is 0. The van der Waals surface area contributed by atoms with Crippen LogP contribution in [0.1, 0.15) is 13.8 Å². The van der Waals surface area contributed by atoms with Gasteiger partial charge >= 0.3 is 174 Å². The third kappa shape index (κ3) is 3.84. The Labute approximate surface area is 173 Å². The molecule has 0 aliphatic heterocycles. The molecule has 0 aromatic carbocycles. The van der Waals surface area contributed by atoms with Crippen molar-refractivity contribution in [3.63, 3.8) is 0 Å². The maximum absolute atomic E-state index is 7.84. The van der Waals surface area contributed by atoms with Gasteiger partial charge in [-0.15, -0.1) is 0 Å². The Morgan fingerprint density at radius 3 is 1.27 bits per heavy atom. The van der Waals surface area contributed by atoms with Crippen molar-refractivity contribution in [1.82, 2.24) is 0 Å². The van der Waals surface area contributed by atoms with E-state index >= 15 is 0 Å². The van der Waals surface area contributed by atoms with Crippen LogP contribution in [0, 0.1) is 0 Å². The van der Waals surface area contributed by atoms with Crippen LogP contribution in [0.2, 0.25) is 60.8 Å². The molecule has 0 heterocycles. The standard InChI is InChI=1S/2C9H15Si.C2H7Si.2ClH.Ti/c2*1-8-5-6-9(7-8)10(2,3)4;1-3-2;;;/h2*5-7H,1-4H3;3H,1-2H3;2*1H;/q;;;;;+2/p-2. The van der Waals surface area contributed by atoms with Crippen LogP contribution in [0.3, 0.4) is 0 Å². The second-order valence-corrected chi connectivity index (χ2v) is 50.4. The van der Waals surface area contributed by atoms with Gasteiger partial charge in [0.1, 0.15) is 0 Å². The molecular formula is C20H37Cl2Si3Ti. The van der Waals surface area contributed by atoms with Gasteiger partial charge in [-0.25, -0.2) is 0 Å². The van der Waals surface area contributed by atoms with E-state index in [1.165, 1.54) is 11.1 Å². The van der Waals surface area contributed by atoms with Crippen LogP contribution < -0.4 is 0 Å². The second-order valence-electron chi connectivity index (χ2n) is 10.9. The van der Waals surface area contributed by atoms with Gasteiger partial charge in [0.2, 0.25) is 0 Å². The van der Waals surface area contributed by atoms with E-state index in [0.717, 1.165) is 0 Å². The number of rotatable bonds is 5. The molecule has 0 radical (unpaired) electrons. The van der Waals surface area contributed by atoms with E-state index in [1.54, 1.807) is 10.4 Å². The van der Waals surface area contributed by atoms with E-state index in [4.69, 9.17) is 18.6 Å². The first-order valence-electron chi connectivity index (χ1n) is 9.87. The maximum atomic E-state index is 7.84. The van der Waals surface area contributed by atoms with Gasteiger partial charge in [-0.1, -0.05) is 0 Å². The predicted molar refractivity (Wildman–Crippen MR) is 128 cm³/mol. The molecular weight excluding hydrogens is 443 g/mol. The third-order valence-electron chi connectivity index (χ3n) is 6.46. The van der Waals surface area contributed by atoms with E-state index < -0.39 is 35.3 Å². The van der Waals surface area contributed by atoms with Crippen LogP contribution in [-0.4, -0.2) is 22.8 Å². The molecule has 2 aliphatic carbocycles. The molecule has 0 nitrogen and oxygen atoms in total. The molecule has 0 N–H and O–H groups in total.